The number of amides is 2. The molecule has 2 N–H and O–H groups in total. The molecule has 1 fully saturated rings. The van der Waals surface area contributed by atoms with Gasteiger partial charge in [-0.2, -0.15) is 5.10 Å². The van der Waals surface area contributed by atoms with E-state index < -0.39 is 0 Å². The number of carbonyl (C=O) groups excluding carboxylic acids is 2. The van der Waals surface area contributed by atoms with Crippen LogP contribution >= 0.6 is 0 Å². The summed E-state index contributed by atoms with van der Waals surface area (Å²) >= 11 is 0. The van der Waals surface area contributed by atoms with Crippen molar-refractivity contribution in [3.8, 4) is 5.69 Å². The predicted molar refractivity (Wildman–Crippen MR) is 127 cm³/mol. The van der Waals surface area contributed by atoms with Crippen molar-refractivity contribution in [3.05, 3.63) is 59.7 Å². The maximum Gasteiger partial charge on any atom is 0.224 e. The van der Waals surface area contributed by atoms with Crippen LogP contribution in [0.5, 0.6) is 0 Å². The second kappa shape index (κ2) is 9.94. The van der Waals surface area contributed by atoms with E-state index in [1.54, 1.807) is 0 Å². The Morgan fingerprint density at radius 2 is 1.82 bits per heavy atom. The van der Waals surface area contributed by atoms with Gasteiger partial charge < -0.3 is 20.0 Å². The van der Waals surface area contributed by atoms with Crippen molar-refractivity contribution in [2.45, 2.75) is 46.6 Å². The van der Waals surface area contributed by atoms with Gasteiger partial charge in [-0.15, -0.1) is 0 Å². The standard InChI is InChI=1S/C25H31N5O3/c1-4-22(31)27-23-18(3)28-30(20-8-6-5-7-9-20)25(23)29-14-12-19(13-15-29)24(32)26-16-21-11-10-17(2)33-21/h5-11,19H,4,12-16H2,1-3H3,(H,26,32)(H,27,31). The highest BCUT2D eigenvalue weighted by Crippen LogP contribution is 2.35. The van der Waals surface area contributed by atoms with Crippen molar-refractivity contribution in [2.75, 3.05) is 23.3 Å². The van der Waals surface area contributed by atoms with Gasteiger partial charge in [-0.3, -0.25) is 9.59 Å². The van der Waals surface area contributed by atoms with Crippen molar-refractivity contribution in [1.82, 2.24) is 15.1 Å². The minimum absolute atomic E-state index is 0.0469. The third-order valence-electron chi connectivity index (χ3n) is 6.02. The molecule has 2 aromatic heterocycles. The molecule has 0 aliphatic carbocycles. The molecule has 0 bridgehead atoms. The molecule has 4 rings (SSSR count). The molecule has 0 saturated carbocycles. The highest BCUT2D eigenvalue weighted by Gasteiger charge is 2.30. The summed E-state index contributed by atoms with van der Waals surface area (Å²) in [6.45, 7) is 7.43. The van der Waals surface area contributed by atoms with Crippen LogP contribution < -0.4 is 15.5 Å². The first-order chi connectivity index (χ1) is 16.0. The number of anilines is 2. The average molecular weight is 450 g/mol. The molecule has 3 aromatic rings. The Morgan fingerprint density at radius 1 is 1.09 bits per heavy atom. The molecule has 8 nitrogen and oxygen atoms in total. The van der Waals surface area contributed by atoms with Crippen LogP contribution in [-0.4, -0.2) is 34.7 Å². The Morgan fingerprint density at radius 3 is 2.45 bits per heavy atom. The van der Waals surface area contributed by atoms with Crippen LogP contribution in [0.15, 0.2) is 46.9 Å². The van der Waals surface area contributed by atoms with Gasteiger partial charge in [0.2, 0.25) is 11.8 Å². The second-order valence-electron chi connectivity index (χ2n) is 8.42. The SMILES string of the molecule is CCC(=O)Nc1c(C)nn(-c2ccccc2)c1N1CCC(C(=O)NCc2ccc(C)o2)CC1. The number of furan rings is 1. The average Bonchev–Trinajstić information content (AvgIpc) is 3.40. The van der Waals surface area contributed by atoms with Gasteiger partial charge in [-0.25, -0.2) is 4.68 Å². The van der Waals surface area contributed by atoms with Crippen LogP contribution in [0.1, 0.15) is 43.4 Å². The Bertz CT molecular complexity index is 1110. The summed E-state index contributed by atoms with van der Waals surface area (Å²) in [4.78, 5) is 27.2. The van der Waals surface area contributed by atoms with E-state index in [1.807, 2.05) is 67.9 Å². The molecule has 1 aromatic carbocycles. The minimum Gasteiger partial charge on any atom is -0.465 e. The molecule has 0 spiro atoms. The molecule has 33 heavy (non-hydrogen) atoms. The van der Waals surface area contributed by atoms with Gasteiger partial charge in [0.1, 0.15) is 17.2 Å². The number of aromatic nitrogens is 2. The van der Waals surface area contributed by atoms with E-state index in [9.17, 15) is 9.59 Å². The van der Waals surface area contributed by atoms with E-state index in [1.165, 1.54) is 0 Å². The number of piperidine rings is 1. The van der Waals surface area contributed by atoms with Gasteiger partial charge in [-0.1, -0.05) is 25.1 Å². The van der Waals surface area contributed by atoms with Crippen molar-refractivity contribution < 1.29 is 14.0 Å². The summed E-state index contributed by atoms with van der Waals surface area (Å²) in [7, 11) is 0. The number of nitrogens with zero attached hydrogens (tertiary/aromatic N) is 3. The Balaban J connectivity index is 1.49. The molecule has 0 radical (unpaired) electrons. The molecule has 0 unspecified atom stereocenters. The number of para-hydroxylation sites is 1. The first-order valence-electron chi connectivity index (χ1n) is 11.5. The molecule has 3 heterocycles. The molecule has 8 heteroatoms. The van der Waals surface area contributed by atoms with E-state index >= 15 is 0 Å². The number of hydrogen-bond acceptors (Lipinski definition) is 5. The largest absolute Gasteiger partial charge is 0.465 e. The second-order valence-corrected chi connectivity index (χ2v) is 8.42. The van der Waals surface area contributed by atoms with Gasteiger partial charge in [0.25, 0.3) is 0 Å². The lowest BCUT2D eigenvalue weighted by Gasteiger charge is -2.33. The van der Waals surface area contributed by atoms with Gasteiger partial charge >= 0.3 is 0 Å². The number of rotatable bonds is 7. The summed E-state index contributed by atoms with van der Waals surface area (Å²) < 4.78 is 7.43. The van der Waals surface area contributed by atoms with Crippen molar-refractivity contribution in [2.24, 2.45) is 5.92 Å². The zero-order valence-electron chi connectivity index (χ0n) is 19.4. The molecule has 174 valence electrons. The fraction of sp³-hybridized carbons (Fsp3) is 0.400. The Kier molecular flexibility index (Phi) is 6.82. The van der Waals surface area contributed by atoms with E-state index in [0.29, 0.717) is 26.1 Å². The molecule has 2 amide bonds. The number of aryl methyl sites for hydroxylation is 2. The monoisotopic (exact) mass is 449 g/mol. The van der Waals surface area contributed by atoms with Gasteiger partial charge in [0.15, 0.2) is 5.82 Å². The van der Waals surface area contributed by atoms with Gasteiger partial charge in [-0.05, 0) is 51.0 Å². The summed E-state index contributed by atoms with van der Waals surface area (Å²) in [6.07, 6.45) is 1.85. The summed E-state index contributed by atoms with van der Waals surface area (Å²) in [5.41, 5.74) is 2.44. The van der Waals surface area contributed by atoms with Crippen molar-refractivity contribution >= 4 is 23.3 Å². The number of hydrogen-bond donors (Lipinski definition) is 2. The quantitative estimate of drug-likeness (QED) is 0.570. The van der Waals surface area contributed by atoms with Crippen LogP contribution in [0.2, 0.25) is 0 Å². The number of nitrogens with one attached hydrogen (secondary N) is 2. The third kappa shape index (κ3) is 5.10. The summed E-state index contributed by atoms with van der Waals surface area (Å²) in [5.74, 6) is 2.41. The first-order valence-corrected chi connectivity index (χ1v) is 11.5. The van der Waals surface area contributed by atoms with Crippen molar-refractivity contribution in [1.29, 1.82) is 0 Å². The van der Waals surface area contributed by atoms with Crippen LogP contribution in [0.25, 0.3) is 5.69 Å². The topological polar surface area (TPSA) is 92.4 Å². The molecule has 1 aliphatic heterocycles. The van der Waals surface area contributed by atoms with Gasteiger partial charge in [0.05, 0.1) is 17.9 Å². The van der Waals surface area contributed by atoms with E-state index in [-0.39, 0.29) is 17.7 Å². The number of benzene rings is 1. The van der Waals surface area contributed by atoms with Crippen LogP contribution in [-0.2, 0) is 16.1 Å². The molecule has 1 aliphatic rings. The zero-order valence-corrected chi connectivity index (χ0v) is 19.4. The van der Waals surface area contributed by atoms with E-state index in [2.05, 4.69) is 15.5 Å². The molecule has 0 atom stereocenters. The maximum atomic E-state index is 12.7. The van der Waals surface area contributed by atoms with Gasteiger partial charge in [0, 0.05) is 25.4 Å². The zero-order chi connectivity index (χ0) is 23.4. The number of carbonyl (C=O) groups is 2. The Labute approximate surface area is 194 Å². The van der Waals surface area contributed by atoms with E-state index in [0.717, 1.165) is 47.2 Å². The lowest BCUT2D eigenvalue weighted by atomic mass is 9.95. The summed E-state index contributed by atoms with van der Waals surface area (Å²) in [5, 5.41) is 10.8. The predicted octanol–water partition coefficient (Wildman–Crippen LogP) is 3.96. The third-order valence-corrected chi connectivity index (χ3v) is 6.02. The molecular weight excluding hydrogens is 418 g/mol. The summed E-state index contributed by atoms with van der Waals surface area (Å²) in [6, 6.07) is 13.7. The first kappa shape index (κ1) is 22.6. The highest BCUT2D eigenvalue weighted by molar-refractivity contribution is 5.94. The van der Waals surface area contributed by atoms with Crippen LogP contribution in [0.3, 0.4) is 0 Å². The van der Waals surface area contributed by atoms with Crippen LogP contribution in [0, 0.1) is 19.8 Å². The minimum atomic E-state index is -0.0554. The Hall–Kier alpha value is -3.55. The fourth-order valence-electron chi connectivity index (χ4n) is 4.18. The fourth-order valence-corrected chi connectivity index (χ4v) is 4.18. The van der Waals surface area contributed by atoms with E-state index in [4.69, 9.17) is 9.52 Å². The smallest absolute Gasteiger partial charge is 0.224 e. The van der Waals surface area contributed by atoms with Crippen LogP contribution in [0.4, 0.5) is 11.5 Å². The lowest BCUT2D eigenvalue weighted by Crippen LogP contribution is -2.41. The molecular formula is C25H31N5O3. The maximum absolute atomic E-state index is 12.7. The van der Waals surface area contributed by atoms with Crippen molar-refractivity contribution in [3.63, 3.8) is 0 Å². The molecule has 1 saturated heterocycles. The normalized spacial score (nSPS) is 14.3. The lowest BCUT2D eigenvalue weighted by molar-refractivity contribution is -0.125. The highest BCUT2D eigenvalue weighted by atomic mass is 16.3.